The molecule has 0 saturated carbocycles. The molecule has 0 aromatic heterocycles. The van der Waals surface area contributed by atoms with Crippen LogP contribution < -0.4 is 11.5 Å². The smallest absolute Gasteiger partial charge is 0.238 e. The summed E-state index contributed by atoms with van der Waals surface area (Å²) >= 11 is 0. The Morgan fingerprint density at radius 2 is 1.88 bits per heavy atom. The minimum absolute atomic E-state index is 0.00343. The van der Waals surface area contributed by atoms with Crippen molar-refractivity contribution in [3.05, 3.63) is 24.3 Å². The number of primary amides is 1. The normalized spacial score (nSPS) is 12.4. The Kier molecular flexibility index (Phi) is 2.96. The zero-order valence-corrected chi connectivity index (χ0v) is 9.91. The van der Waals surface area contributed by atoms with Gasteiger partial charge in [0.25, 0.3) is 0 Å². The van der Waals surface area contributed by atoms with E-state index in [1.54, 1.807) is 6.07 Å². The summed E-state index contributed by atoms with van der Waals surface area (Å²) in [5, 5.41) is 0. The fourth-order valence-electron chi connectivity index (χ4n) is 1.11. The van der Waals surface area contributed by atoms with E-state index in [0.29, 0.717) is 5.69 Å². The summed E-state index contributed by atoms with van der Waals surface area (Å²) < 4.78 is 22.5. The molecule has 4 N–H and O–H groups in total. The molecule has 0 unspecified atom stereocenters. The first-order chi connectivity index (χ1) is 7.19. The molecule has 0 bridgehead atoms. The van der Waals surface area contributed by atoms with Gasteiger partial charge in [-0.2, -0.15) is 0 Å². The van der Waals surface area contributed by atoms with Gasteiger partial charge in [-0.15, -0.1) is 0 Å². The van der Waals surface area contributed by atoms with Gasteiger partial charge in [-0.25, -0.2) is 8.42 Å². The van der Waals surface area contributed by atoms with Crippen molar-refractivity contribution in [3.63, 3.8) is 0 Å². The molecule has 0 aliphatic heterocycles. The molecule has 0 fully saturated rings. The van der Waals surface area contributed by atoms with E-state index in [4.69, 9.17) is 11.5 Å². The summed E-state index contributed by atoms with van der Waals surface area (Å²) in [6.45, 7) is 2.54. The summed E-state index contributed by atoms with van der Waals surface area (Å²) in [5.74, 6) is -0.894. The first-order valence-corrected chi connectivity index (χ1v) is 6.08. The third kappa shape index (κ3) is 1.88. The fourth-order valence-corrected chi connectivity index (χ4v) is 2.51. The van der Waals surface area contributed by atoms with E-state index in [2.05, 4.69) is 0 Å². The number of benzene rings is 1. The van der Waals surface area contributed by atoms with Gasteiger partial charge in [0, 0.05) is 5.69 Å². The van der Waals surface area contributed by atoms with Crippen molar-refractivity contribution in [2.45, 2.75) is 23.5 Å². The second-order valence-electron chi connectivity index (χ2n) is 3.95. The number of nitrogen functional groups attached to an aromatic ring is 1. The van der Waals surface area contributed by atoms with Gasteiger partial charge in [0.2, 0.25) is 5.91 Å². The summed E-state index contributed by atoms with van der Waals surface area (Å²) in [5.41, 5.74) is 10.9. The van der Waals surface area contributed by atoms with Crippen LogP contribution in [0.2, 0.25) is 0 Å². The zero-order valence-electron chi connectivity index (χ0n) is 9.10. The van der Waals surface area contributed by atoms with Gasteiger partial charge in [-0.1, -0.05) is 6.07 Å². The number of sulfone groups is 1. The van der Waals surface area contributed by atoms with E-state index in [9.17, 15) is 13.2 Å². The van der Waals surface area contributed by atoms with Crippen LogP contribution in [0.5, 0.6) is 0 Å². The quantitative estimate of drug-likeness (QED) is 0.744. The van der Waals surface area contributed by atoms with Crippen molar-refractivity contribution in [2.75, 3.05) is 5.73 Å². The number of amides is 1. The summed E-state index contributed by atoms with van der Waals surface area (Å²) in [4.78, 5) is 11.1. The van der Waals surface area contributed by atoms with Crippen LogP contribution in [-0.2, 0) is 14.6 Å². The van der Waals surface area contributed by atoms with Crippen LogP contribution in [0.3, 0.4) is 0 Å². The zero-order chi connectivity index (χ0) is 12.6. The van der Waals surface area contributed by atoms with Crippen LogP contribution in [0.15, 0.2) is 29.2 Å². The topological polar surface area (TPSA) is 103 Å². The fraction of sp³-hybridized carbons (Fsp3) is 0.300. The highest BCUT2D eigenvalue weighted by Crippen LogP contribution is 2.26. The molecule has 1 amide bonds. The number of rotatable bonds is 3. The second kappa shape index (κ2) is 3.79. The molecule has 1 aromatic carbocycles. The van der Waals surface area contributed by atoms with Gasteiger partial charge in [0.15, 0.2) is 9.84 Å². The summed E-state index contributed by atoms with van der Waals surface area (Å²) in [7, 11) is -3.81. The average molecular weight is 242 g/mol. The van der Waals surface area contributed by atoms with Crippen LogP contribution in [0.4, 0.5) is 5.69 Å². The van der Waals surface area contributed by atoms with Crippen molar-refractivity contribution in [1.29, 1.82) is 0 Å². The molecule has 0 spiro atoms. The van der Waals surface area contributed by atoms with Crippen LogP contribution >= 0.6 is 0 Å². The van der Waals surface area contributed by atoms with Gasteiger partial charge < -0.3 is 11.5 Å². The Morgan fingerprint density at radius 1 is 1.31 bits per heavy atom. The van der Waals surface area contributed by atoms with Crippen molar-refractivity contribution >= 4 is 21.4 Å². The third-order valence-electron chi connectivity index (χ3n) is 2.43. The Morgan fingerprint density at radius 3 is 2.31 bits per heavy atom. The first kappa shape index (κ1) is 12.5. The highest BCUT2D eigenvalue weighted by atomic mass is 32.2. The molecule has 0 aliphatic carbocycles. The predicted octanol–water partition coefficient (Wildman–Crippen LogP) is 0.306. The molecule has 88 valence electrons. The van der Waals surface area contributed by atoms with Gasteiger partial charge in [-0.3, -0.25) is 4.79 Å². The molecule has 16 heavy (non-hydrogen) atoms. The molecule has 0 radical (unpaired) electrons. The molecule has 6 heteroatoms. The predicted molar refractivity (Wildman–Crippen MR) is 61.3 cm³/mol. The lowest BCUT2D eigenvalue weighted by molar-refractivity contribution is -0.119. The highest BCUT2D eigenvalue weighted by molar-refractivity contribution is 7.93. The number of anilines is 1. The highest BCUT2D eigenvalue weighted by Gasteiger charge is 2.41. The van der Waals surface area contributed by atoms with Gasteiger partial charge in [0.1, 0.15) is 4.75 Å². The molecular formula is C10H14N2O3S. The van der Waals surface area contributed by atoms with E-state index in [1.807, 2.05) is 0 Å². The molecule has 0 heterocycles. The van der Waals surface area contributed by atoms with Crippen molar-refractivity contribution in [1.82, 2.24) is 0 Å². The lowest BCUT2D eigenvalue weighted by atomic mass is 10.2. The number of hydrogen-bond acceptors (Lipinski definition) is 4. The van der Waals surface area contributed by atoms with Crippen LogP contribution in [0.25, 0.3) is 0 Å². The first-order valence-electron chi connectivity index (χ1n) is 4.59. The van der Waals surface area contributed by atoms with E-state index >= 15 is 0 Å². The average Bonchev–Trinajstić information content (AvgIpc) is 2.17. The maximum absolute atomic E-state index is 12.1. The standard InChI is InChI=1S/C10H14N2O3S/c1-10(2,9(12)13)16(14,15)8-5-3-4-7(11)6-8/h3-6H,11H2,1-2H3,(H2,12,13). The van der Waals surface area contributed by atoms with Gasteiger partial charge in [-0.05, 0) is 32.0 Å². The minimum Gasteiger partial charge on any atom is -0.399 e. The van der Waals surface area contributed by atoms with E-state index in [0.717, 1.165) is 0 Å². The maximum atomic E-state index is 12.1. The molecular weight excluding hydrogens is 228 g/mol. The number of carbonyl (C=O) groups excluding carboxylic acids is 1. The Bertz CT molecular complexity index is 521. The molecule has 0 atom stereocenters. The minimum atomic E-state index is -3.81. The second-order valence-corrected chi connectivity index (χ2v) is 6.45. The lowest BCUT2D eigenvalue weighted by Crippen LogP contribution is -2.45. The molecule has 5 nitrogen and oxygen atoms in total. The summed E-state index contributed by atoms with van der Waals surface area (Å²) in [6.07, 6.45) is 0. The van der Waals surface area contributed by atoms with E-state index in [-0.39, 0.29) is 4.90 Å². The number of hydrogen-bond donors (Lipinski definition) is 2. The molecule has 1 rings (SSSR count). The lowest BCUT2D eigenvalue weighted by Gasteiger charge is -2.20. The van der Waals surface area contributed by atoms with Crippen molar-refractivity contribution < 1.29 is 13.2 Å². The van der Waals surface area contributed by atoms with Crippen LogP contribution in [-0.4, -0.2) is 19.1 Å². The summed E-state index contributed by atoms with van der Waals surface area (Å²) in [6, 6.07) is 5.77. The van der Waals surface area contributed by atoms with Crippen LogP contribution in [0.1, 0.15) is 13.8 Å². The number of nitrogens with two attached hydrogens (primary N) is 2. The Labute approximate surface area is 94.4 Å². The SMILES string of the molecule is CC(C)(C(N)=O)S(=O)(=O)c1cccc(N)c1. The third-order valence-corrected chi connectivity index (χ3v) is 4.85. The van der Waals surface area contributed by atoms with E-state index < -0.39 is 20.5 Å². The number of carbonyl (C=O) groups is 1. The maximum Gasteiger partial charge on any atom is 0.238 e. The monoisotopic (exact) mass is 242 g/mol. The van der Waals surface area contributed by atoms with Gasteiger partial charge >= 0.3 is 0 Å². The van der Waals surface area contributed by atoms with Crippen LogP contribution in [0, 0.1) is 0 Å². The van der Waals surface area contributed by atoms with Crippen molar-refractivity contribution in [2.24, 2.45) is 5.73 Å². The van der Waals surface area contributed by atoms with Gasteiger partial charge in [0.05, 0.1) is 4.90 Å². The molecule has 0 saturated heterocycles. The molecule has 0 aliphatic rings. The Balaban J connectivity index is 3.39. The van der Waals surface area contributed by atoms with Crippen molar-refractivity contribution in [3.8, 4) is 0 Å². The molecule has 1 aromatic rings. The van der Waals surface area contributed by atoms with E-state index in [1.165, 1.54) is 32.0 Å². The largest absolute Gasteiger partial charge is 0.399 e. The Hall–Kier alpha value is -1.56.